The number of para-hydroxylation sites is 1. The Morgan fingerprint density at radius 2 is 2.08 bits per heavy atom. The molecule has 5 rings (SSSR count). The minimum atomic E-state index is -4.17. The fraction of sp³-hybridized carbons (Fsp3) is 0.520. The Bertz CT molecular complexity index is 1460. The number of nitrogens with two attached hydrogens (primary N) is 1. The smallest absolute Gasteiger partial charge is 0.459 e. The van der Waals surface area contributed by atoms with Crippen molar-refractivity contribution in [3.8, 4) is 5.75 Å². The lowest BCUT2D eigenvalue weighted by molar-refractivity contribution is -0.150. The van der Waals surface area contributed by atoms with Gasteiger partial charge in [-0.3, -0.25) is 23.7 Å². The van der Waals surface area contributed by atoms with Crippen LogP contribution in [0.15, 0.2) is 41.5 Å². The van der Waals surface area contributed by atoms with E-state index in [0.717, 1.165) is 25.7 Å². The molecular formula is C25H32FN6O7P. The second-order valence-electron chi connectivity index (χ2n) is 10.3. The van der Waals surface area contributed by atoms with Crippen LogP contribution in [0.4, 0.5) is 10.3 Å². The first-order valence-electron chi connectivity index (χ1n) is 13.1. The summed E-state index contributed by atoms with van der Waals surface area (Å²) in [6.07, 6.45) is 2.41. The Morgan fingerprint density at radius 1 is 1.35 bits per heavy atom. The molecule has 3 aromatic rings. The molecule has 1 saturated carbocycles. The minimum Gasteiger partial charge on any atom is -0.461 e. The standard InChI is InChI=1S/C25H32FN6O7P/c1-15(22(34)37-16-8-6-7-9-16)31-40(35,39-17-10-4-3-5-11-17)36-13-18-12-25(2,26)23(38-18)32-14-28-19-20(32)29-24(27)30-21(19)33/h3-5,10-11,14-16,18,23H,6-9,12-13H2,1-2H3,(H,31,35)(H3,27,29,30,33)/t15-,18?,23?,25?,40-/m0/s1. The van der Waals surface area contributed by atoms with E-state index in [2.05, 4.69) is 20.0 Å². The summed E-state index contributed by atoms with van der Waals surface area (Å²) in [6.45, 7) is 2.51. The van der Waals surface area contributed by atoms with E-state index in [-0.39, 0.29) is 42.0 Å². The van der Waals surface area contributed by atoms with Crippen molar-refractivity contribution in [2.24, 2.45) is 0 Å². The summed E-state index contributed by atoms with van der Waals surface area (Å²) in [7, 11) is -4.17. The van der Waals surface area contributed by atoms with Crippen LogP contribution in [0.5, 0.6) is 5.75 Å². The van der Waals surface area contributed by atoms with Crippen molar-refractivity contribution in [1.29, 1.82) is 0 Å². The number of hydrogen-bond acceptors (Lipinski definition) is 10. The van der Waals surface area contributed by atoms with Gasteiger partial charge >= 0.3 is 13.7 Å². The minimum absolute atomic E-state index is 0.0169. The highest BCUT2D eigenvalue weighted by Gasteiger charge is 2.48. The van der Waals surface area contributed by atoms with Crippen LogP contribution >= 0.6 is 7.75 Å². The molecule has 3 heterocycles. The van der Waals surface area contributed by atoms with Crippen molar-refractivity contribution in [2.45, 2.75) is 76.1 Å². The number of hydrogen-bond donors (Lipinski definition) is 3. The van der Waals surface area contributed by atoms with Gasteiger partial charge in [-0.15, -0.1) is 0 Å². The average Bonchev–Trinajstić information content (AvgIpc) is 3.62. The van der Waals surface area contributed by atoms with Gasteiger partial charge in [-0.2, -0.15) is 10.1 Å². The summed E-state index contributed by atoms with van der Waals surface area (Å²) >= 11 is 0. The number of carbonyl (C=O) groups excluding carboxylic acids is 1. The molecule has 216 valence electrons. The SMILES string of the molecule is C[C@H](N[P@](=O)(OCC1CC(C)(F)C(n2cnc3c(=O)[nH]c(N)nc32)O1)Oc1ccccc1)C(=O)OC1CCCC1. The van der Waals surface area contributed by atoms with Crippen molar-refractivity contribution in [3.63, 3.8) is 0 Å². The highest BCUT2D eigenvalue weighted by Crippen LogP contribution is 2.48. The number of anilines is 1. The normalized spacial score (nSPS) is 25.6. The molecule has 5 atom stereocenters. The lowest BCUT2D eigenvalue weighted by Gasteiger charge is -2.24. The molecule has 1 aliphatic carbocycles. The first kappa shape index (κ1) is 28.2. The van der Waals surface area contributed by atoms with E-state index in [0.29, 0.717) is 0 Å². The molecule has 2 fully saturated rings. The number of benzene rings is 1. The van der Waals surface area contributed by atoms with Gasteiger partial charge in [-0.25, -0.2) is 13.9 Å². The molecule has 40 heavy (non-hydrogen) atoms. The number of aromatic nitrogens is 4. The van der Waals surface area contributed by atoms with Crippen LogP contribution < -0.4 is 20.9 Å². The lowest BCUT2D eigenvalue weighted by Crippen LogP contribution is -2.37. The number of esters is 1. The molecule has 0 spiro atoms. The van der Waals surface area contributed by atoms with E-state index < -0.39 is 43.3 Å². The van der Waals surface area contributed by atoms with Gasteiger partial charge in [-0.1, -0.05) is 18.2 Å². The second kappa shape index (κ2) is 11.3. The quantitative estimate of drug-likeness (QED) is 0.238. The van der Waals surface area contributed by atoms with E-state index >= 15 is 4.39 Å². The number of ether oxygens (including phenoxy) is 2. The number of imidazole rings is 1. The predicted molar refractivity (Wildman–Crippen MR) is 142 cm³/mol. The number of nitrogens with zero attached hydrogens (tertiary/aromatic N) is 3. The second-order valence-corrected chi connectivity index (χ2v) is 12.0. The summed E-state index contributed by atoms with van der Waals surface area (Å²) in [5.41, 5.74) is 3.21. The van der Waals surface area contributed by atoms with E-state index in [9.17, 15) is 14.2 Å². The van der Waals surface area contributed by atoms with Gasteiger partial charge in [0.2, 0.25) is 5.95 Å². The van der Waals surface area contributed by atoms with Crippen LogP contribution in [0.1, 0.15) is 52.2 Å². The molecule has 4 N–H and O–H groups in total. The Kier molecular flexibility index (Phi) is 7.96. The molecule has 2 aromatic heterocycles. The molecule has 1 aromatic carbocycles. The number of carbonyl (C=O) groups is 1. The third-order valence-electron chi connectivity index (χ3n) is 6.86. The number of H-pyrrole nitrogens is 1. The van der Waals surface area contributed by atoms with Gasteiger partial charge in [0, 0.05) is 6.42 Å². The molecule has 1 aliphatic heterocycles. The fourth-order valence-electron chi connectivity index (χ4n) is 4.94. The summed E-state index contributed by atoms with van der Waals surface area (Å²) < 4.78 is 53.7. The maximum Gasteiger partial charge on any atom is 0.459 e. The number of alkyl halides is 1. The summed E-state index contributed by atoms with van der Waals surface area (Å²) in [5.74, 6) is -0.480. The summed E-state index contributed by atoms with van der Waals surface area (Å²) in [6, 6.07) is 7.31. The van der Waals surface area contributed by atoms with Crippen molar-refractivity contribution in [1.82, 2.24) is 24.6 Å². The molecular weight excluding hydrogens is 546 g/mol. The van der Waals surface area contributed by atoms with Gasteiger partial charge in [-0.05, 0) is 51.7 Å². The van der Waals surface area contributed by atoms with Gasteiger partial charge in [0.15, 0.2) is 23.1 Å². The number of nitrogens with one attached hydrogen (secondary N) is 2. The van der Waals surface area contributed by atoms with Crippen molar-refractivity contribution in [2.75, 3.05) is 12.3 Å². The van der Waals surface area contributed by atoms with E-state index in [1.807, 2.05) is 0 Å². The van der Waals surface area contributed by atoms with E-state index in [1.165, 1.54) is 24.7 Å². The molecule has 2 aliphatic rings. The number of fused-ring (bicyclic) bond motifs is 1. The van der Waals surface area contributed by atoms with Crippen LogP contribution in [0.25, 0.3) is 11.2 Å². The molecule has 15 heteroatoms. The average molecular weight is 579 g/mol. The Hall–Kier alpha value is -3.32. The zero-order valence-corrected chi connectivity index (χ0v) is 23.0. The third-order valence-corrected chi connectivity index (χ3v) is 8.50. The molecule has 0 amide bonds. The maximum atomic E-state index is 15.7. The first-order valence-corrected chi connectivity index (χ1v) is 14.6. The number of aromatic amines is 1. The molecule has 1 saturated heterocycles. The fourth-order valence-corrected chi connectivity index (χ4v) is 6.46. The van der Waals surface area contributed by atoms with Crippen LogP contribution in [-0.2, 0) is 23.4 Å². The zero-order valence-electron chi connectivity index (χ0n) is 22.1. The molecule has 13 nitrogen and oxygen atoms in total. The van der Waals surface area contributed by atoms with E-state index in [1.54, 1.807) is 30.3 Å². The van der Waals surface area contributed by atoms with Gasteiger partial charge in [0.05, 0.1) is 19.0 Å². The predicted octanol–water partition coefficient (Wildman–Crippen LogP) is 3.39. The zero-order chi connectivity index (χ0) is 28.5. The topological polar surface area (TPSA) is 173 Å². The Morgan fingerprint density at radius 3 is 2.80 bits per heavy atom. The summed E-state index contributed by atoms with van der Waals surface area (Å²) in [4.78, 5) is 35.3. The highest BCUT2D eigenvalue weighted by atomic mass is 31.2. The molecule has 3 unspecified atom stereocenters. The number of rotatable bonds is 10. The third kappa shape index (κ3) is 6.20. The van der Waals surface area contributed by atoms with Crippen LogP contribution in [-0.4, -0.2) is 56.0 Å². The van der Waals surface area contributed by atoms with Crippen LogP contribution in [0.3, 0.4) is 0 Å². The van der Waals surface area contributed by atoms with Crippen LogP contribution in [0.2, 0.25) is 0 Å². The van der Waals surface area contributed by atoms with Crippen LogP contribution in [0, 0.1) is 0 Å². The highest BCUT2D eigenvalue weighted by molar-refractivity contribution is 7.52. The number of halogens is 1. The number of nitrogen functional groups attached to an aromatic ring is 1. The lowest BCUT2D eigenvalue weighted by atomic mass is 10.0. The van der Waals surface area contributed by atoms with E-state index in [4.69, 9.17) is 24.3 Å². The molecule has 0 bridgehead atoms. The monoisotopic (exact) mass is 578 g/mol. The van der Waals surface area contributed by atoms with Crippen molar-refractivity contribution in [3.05, 3.63) is 47.0 Å². The Balaban J connectivity index is 1.30. The van der Waals surface area contributed by atoms with Crippen molar-refractivity contribution >= 4 is 30.8 Å². The largest absolute Gasteiger partial charge is 0.461 e. The first-order chi connectivity index (χ1) is 19.0. The van der Waals surface area contributed by atoms with Gasteiger partial charge in [0.1, 0.15) is 17.9 Å². The maximum absolute atomic E-state index is 15.7. The van der Waals surface area contributed by atoms with Gasteiger partial charge < -0.3 is 19.7 Å². The van der Waals surface area contributed by atoms with Crippen molar-refractivity contribution < 1.29 is 32.3 Å². The Labute approximate surface area is 229 Å². The van der Waals surface area contributed by atoms with Gasteiger partial charge in [0.25, 0.3) is 5.56 Å². The molecule has 0 radical (unpaired) electrons. The summed E-state index contributed by atoms with van der Waals surface area (Å²) in [5, 5.41) is 2.65.